The molecular weight excluding hydrogens is 404 g/mol. The number of benzene rings is 1. The van der Waals surface area contributed by atoms with E-state index in [0.29, 0.717) is 36.2 Å². The molecular formula is C18H20N2O6S2. The van der Waals surface area contributed by atoms with Gasteiger partial charge in [0.15, 0.2) is 26.5 Å². The summed E-state index contributed by atoms with van der Waals surface area (Å²) in [4.78, 5) is 18.8. The minimum absolute atomic E-state index is 0.0857. The number of nitrogens with zero attached hydrogens (tertiary/aromatic N) is 2. The number of hydrogen-bond acceptors (Lipinski definition) is 7. The summed E-state index contributed by atoms with van der Waals surface area (Å²) in [6.45, 7) is 1.24. The minimum Gasteiger partial charge on any atom is -0.454 e. The van der Waals surface area contributed by atoms with Gasteiger partial charge in [-0.05, 0) is 30.5 Å². The van der Waals surface area contributed by atoms with Crippen molar-refractivity contribution in [3.05, 3.63) is 23.8 Å². The first-order valence-electron chi connectivity index (χ1n) is 9.25. The number of amidine groups is 1. The summed E-state index contributed by atoms with van der Waals surface area (Å²) >= 11 is 1.39. The number of carbonyl (C=O) groups is 1. The molecule has 0 aliphatic carbocycles. The molecule has 4 aliphatic heterocycles. The normalized spacial score (nSPS) is 31.5. The van der Waals surface area contributed by atoms with Crippen LogP contribution in [-0.4, -0.2) is 66.7 Å². The van der Waals surface area contributed by atoms with Crippen molar-refractivity contribution in [2.24, 2.45) is 4.99 Å². The molecule has 4 aliphatic rings. The van der Waals surface area contributed by atoms with Crippen LogP contribution < -0.4 is 9.47 Å². The van der Waals surface area contributed by atoms with Crippen molar-refractivity contribution < 1.29 is 27.4 Å². The van der Waals surface area contributed by atoms with Crippen LogP contribution >= 0.6 is 11.8 Å². The SMILES string of the molecule is O=C(N=C1S[C@@H]2CS(=O)(=O)C[C@@H]2N1Cc1ccc2c(c1)OCO2)[C@@H]1CCCO1. The Hall–Kier alpha value is -1.78. The van der Waals surface area contributed by atoms with Gasteiger partial charge in [-0.3, -0.25) is 4.79 Å². The van der Waals surface area contributed by atoms with Crippen molar-refractivity contribution in [3.8, 4) is 11.5 Å². The van der Waals surface area contributed by atoms with E-state index in [1.54, 1.807) is 0 Å². The molecule has 3 atom stereocenters. The fraction of sp³-hybridized carbons (Fsp3) is 0.556. The molecule has 1 aromatic rings. The summed E-state index contributed by atoms with van der Waals surface area (Å²) in [6.07, 6.45) is 1.06. The van der Waals surface area contributed by atoms with Crippen LogP contribution in [0.2, 0.25) is 0 Å². The van der Waals surface area contributed by atoms with Gasteiger partial charge in [0, 0.05) is 18.4 Å². The second kappa shape index (κ2) is 6.93. The van der Waals surface area contributed by atoms with Gasteiger partial charge in [-0.1, -0.05) is 17.8 Å². The number of carbonyl (C=O) groups excluding carboxylic acids is 1. The Bertz CT molecular complexity index is 941. The van der Waals surface area contributed by atoms with Crippen LogP contribution in [0.5, 0.6) is 11.5 Å². The lowest BCUT2D eigenvalue weighted by molar-refractivity contribution is -0.126. The third kappa shape index (κ3) is 3.37. The lowest BCUT2D eigenvalue weighted by Crippen LogP contribution is -2.37. The highest BCUT2D eigenvalue weighted by Gasteiger charge is 2.49. The fourth-order valence-electron chi connectivity index (χ4n) is 4.00. The highest BCUT2D eigenvalue weighted by Crippen LogP contribution is 2.40. The molecule has 1 amide bonds. The standard InChI is InChI=1S/C18H20N2O6S2/c21-17(14-2-1-5-24-14)19-18-20(12-8-28(22,23)9-16(12)27-18)7-11-3-4-13-15(6-11)26-10-25-13/h3-4,6,12,14,16H,1-2,5,7-10H2/t12-,14-,16+/m0/s1. The quantitative estimate of drug-likeness (QED) is 0.714. The number of hydrogen-bond donors (Lipinski definition) is 0. The van der Waals surface area contributed by atoms with E-state index >= 15 is 0 Å². The van der Waals surface area contributed by atoms with Gasteiger partial charge in [0.25, 0.3) is 5.91 Å². The Kier molecular flexibility index (Phi) is 4.52. The Balaban J connectivity index is 1.42. The van der Waals surface area contributed by atoms with E-state index in [0.717, 1.165) is 12.0 Å². The molecule has 0 saturated carbocycles. The first kappa shape index (κ1) is 18.3. The lowest BCUT2D eigenvalue weighted by Gasteiger charge is -2.24. The summed E-state index contributed by atoms with van der Waals surface area (Å²) in [5, 5.41) is 0.484. The van der Waals surface area contributed by atoms with E-state index in [1.165, 1.54) is 11.8 Å². The molecule has 0 aromatic heterocycles. The van der Waals surface area contributed by atoms with Crippen molar-refractivity contribution in [3.63, 3.8) is 0 Å². The lowest BCUT2D eigenvalue weighted by atomic mass is 10.1. The van der Waals surface area contributed by atoms with Gasteiger partial charge in [0.1, 0.15) is 6.10 Å². The smallest absolute Gasteiger partial charge is 0.277 e. The Morgan fingerprint density at radius 2 is 2.11 bits per heavy atom. The zero-order valence-electron chi connectivity index (χ0n) is 15.1. The maximum absolute atomic E-state index is 12.5. The molecule has 10 heteroatoms. The Morgan fingerprint density at radius 1 is 1.25 bits per heavy atom. The molecule has 0 radical (unpaired) electrons. The van der Waals surface area contributed by atoms with Gasteiger partial charge < -0.3 is 19.1 Å². The summed E-state index contributed by atoms with van der Waals surface area (Å²) in [7, 11) is -3.08. The summed E-state index contributed by atoms with van der Waals surface area (Å²) in [5.41, 5.74) is 0.951. The van der Waals surface area contributed by atoms with Crippen LogP contribution in [0.25, 0.3) is 0 Å². The van der Waals surface area contributed by atoms with E-state index in [4.69, 9.17) is 14.2 Å². The van der Waals surface area contributed by atoms with Gasteiger partial charge in [0.2, 0.25) is 6.79 Å². The number of thioether (sulfide) groups is 1. The summed E-state index contributed by atoms with van der Waals surface area (Å²) in [6, 6.07) is 5.48. The highest BCUT2D eigenvalue weighted by molar-refractivity contribution is 8.15. The fourth-order valence-corrected chi connectivity index (χ4v) is 7.95. The van der Waals surface area contributed by atoms with Gasteiger partial charge in [-0.25, -0.2) is 8.42 Å². The van der Waals surface area contributed by atoms with Crippen molar-refractivity contribution in [2.45, 2.75) is 36.8 Å². The topological polar surface area (TPSA) is 94.5 Å². The molecule has 3 saturated heterocycles. The van der Waals surface area contributed by atoms with Crippen molar-refractivity contribution in [1.82, 2.24) is 4.90 Å². The minimum atomic E-state index is -3.08. The van der Waals surface area contributed by atoms with E-state index < -0.39 is 15.9 Å². The number of ether oxygens (including phenoxy) is 3. The number of amides is 1. The maximum Gasteiger partial charge on any atom is 0.277 e. The van der Waals surface area contributed by atoms with Gasteiger partial charge in [0.05, 0.1) is 17.5 Å². The van der Waals surface area contributed by atoms with E-state index in [2.05, 4.69) is 4.99 Å². The zero-order valence-corrected chi connectivity index (χ0v) is 16.7. The molecule has 0 N–H and O–H groups in total. The number of sulfone groups is 1. The summed E-state index contributed by atoms with van der Waals surface area (Å²) in [5.74, 6) is 1.30. The van der Waals surface area contributed by atoms with Gasteiger partial charge in [-0.15, -0.1) is 0 Å². The number of aliphatic imine (C=N–C) groups is 1. The van der Waals surface area contributed by atoms with Gasteiger partial charge in [-0.2, -0.15) is 4.99 Å². The third-order valence-electron chi connectivity index (χ3n) is 5.38. The molecule has 0 unspecified atom stereocenters. The van der Waals surface area contributed by atoms with Crippen LogP contribution in [0.4, 0.5) is 0 Å². The van der Waals surface area contributed by atoms with Crippen molar-refractivity contribution >= 4 is 32.7 Å². The van der Waals surface area contributed by atoms with Crippen LogP contribution in [0.3, 0.4) is 0 Å². The van der Waals surface area contributed by atoms with Crippen LogP contribution in [0.1, 0.15) is 18.4 Å². The van der Waals surface area contributed by atoms with Crippen molar-refractivity contribution in [2.75, 3.05) is 24.9 Å². The first-order valence-corrected chi connectivity index (χ1v) is 11.9. The van der Waals surface area contributed by atoms with Crippen LogP contribution in [-0.2, 0) is 25.9 Å². The number of rotatable bonds is 3. The van der Waals surface area contributed by atoms with Crippen LogP contribution in [0.15, 0.2) is 23.2 Å². The molecule has 150 valence electrons. The average Bonchev–Trinajstić information content (AvgIpc) is 3.41. The maximum atomic E-state index is 12.5. The average molecular weight is 425 g/mol. The molecule has 0 bridgehead atoms. The third-order valence-corrected chi connectivity index (χ3v) is 8.62. The van der Waals surface area contributed by atoms with E-state index in [-0.39, 0.29) is 35.5 Å². The second-order valence-corrected chi connectivity index (χ2v) is 10.7. The molecule has 4 heterocycles. The Labute approximate surface area is 167 Å². The highest BCUT2D eigenvalue weighted by atomic mass is 32.2. The number of fused-ring (bicyclic) bond motifs is 2. The molecule has 1 aromatic carbocycles. The molecule has 3 fully saturated rings. The monoisotopic (exact) mass is 424 g/mol. The van der Waals surface area contributed by atoms with E-state index in [9.17, 15) is 13.2 Å². The van der Waals surface area contributed by atoms with E-state index in [1.807, 2.05) is 23.1 Å². The zero-order chi connectivity index (χ0) is 19.3. The second-order valence-electron chi connectivity index (χ2n) is 7.35. The van der Waals surface area contributed by atoms with Crippen LogP contribution in [0, 0.1) is 0 Å². The predicted octanol–water partition coefficient (Wildman–Crippen LogP) is 1.19. The molecule has 8 nitrogen and oxygen atoms in total. The molecule has 28 heavy (non-hydrogen) atoms. The Morgan fingerprint density at radius 3 is 2.93 bits per heavy atom. The summed E-state index contributed by atoms with van der Waals surface area (Å²) < 4.78 is 40.5. The molecule has 5 rings (SSSR count). The predicted molar refractivity (Wildman–Crippen MR) is 103 cm³/mol. The first-order chi connectivity index (χ1) is 13.5. The molecule has 0 spiro atoms. The largest absolute Gasteiger partial charge is 0.454 e. The van der Waals surface area contributed by atoms with Crippen molar-refractivity contribution in [1.29, 1.82) is 0 Å². The van der Waals surface area contributed by atoms with Gasteiger partial charge >= 0.3 is 0 Å².